The zero-order valence-electron chi connectivity index (χ0n) is 9.64. The quantitative estimate of drug-likeness (QED) is 0.846. The Hall–Kier alpha value is -2.17. The highest BCUT2D eigenvalue weighted by Crippen LogP contribution is 2.20. The van der Waals surface area contributed by atoms with Crippen LogP contribution in [0.4, 0.5) is 5.82 Å². The van der Waals surface area contributed by atoms with Crippen LogP contribution in [0.15, 0.2) is 24.5 Å². The molecule has 2 rings (SSSR count). The molecule has 0 radical (unpaired) electrons. The molecule has 5 heteroatoms. The smallest absolute Gasteiger partial charge is 0.335 e. The van der Waals surface area contributed by atoms with E-state index in [0.717, 1.165) is 11.2 Å². The Morgan fingerprint density at radius 3 is 2.76 bits per heavy atom. The molecule has 0 saturated carbocycles. The Labute approximate surface area is 98.5 Å². The first kappa shape index (κ1) is 11.3. The molecule has 0 aliphatic heterocycles. The van der Waals surface area contributed by atoms with Gasteiger partial charge < -0.3 is 10.4 Å². The number of nitrogens with one attached hydrogen (secondary N) is 1. The summed E-state index contributed by atoms with van der Waals surface area (Å²) in [5.74, 6) is -0.231. The summed E-state index contributed by atoms with van der Waals surface area (Å²) in [7, 11) is 0. The average molecular weight is 231 g/mol. The number of carboxylic acids is 1. The van der Waals surface area contributed by atoms with Crippen molar-refractivity contribution in [2.45, 2.75) is 19.9 Å². The third-order valence-corrected chi connectivity index (χ3v) is 2.31. The number of aromatic nitrogens is 2. The summed E-state index contributed by atoms with van der Waals surface area (Å²) in [6.45, 7) is 4.03. The van der Waals surface area contributed by atoms with E-state index < -0.39 is 5.97 Å². The number of hydrogen-bond donors (Lipinski definition) is 2. The standard InChI is InChI=1S/C12H13N3O2/c1-7(2)15-11-9-4-3-8(12(16)17)5-10(9)13-6-14-11/h3-7H,1-2H3,(H,16,17)(H,13,14,15). The number of fused-ring (bicyclic) bond motifs is 1. The SMILES string of the molecule is CC(C)Nc1ncnc2cc(C(=O)O)ccc12. The Morgan fingerprint density at radius 2 is 2.12 bits per heavy atom. The van der Waals surface area contributed by atoms with Crippen LogP contribution in [-0.2, 0) is 0 Å². The lowest BCUT2D eigenvalue weighted by Crippen LogP contribution is -2.11. The van der Waals surface area contributed by atoms with Gasteiger partial charge in [0.25, 0.3) is 0 Å². The molecule has 0 saturated heterocycles. The molecule has 0 aliphatic carbocycles. The van der Waals surface area contributed by atoms with E-state index in [1.165, 1.54) is 6.33 Å². The van der Waals surface area contributed by atoms with Gasteiger partial charge in [0.1, 0.15) is 12.1 Å². The van der Waals surface area contributed by atoms with Crippen LogP contribution in [-0.4, -0.2) is 27.1 Å². The summed E-state index contributed by atoms with van der Waals surface area (Å²) < 4.78 is 0. The molecule has 1 heterocycles. The molecule has 0 aliphatic rings. The van der Waals surface area contributed by atoms with Crippen LogP contribution >= 0.6 is 0 Å². The fourth-order valence-corrected chi connectivity index (χ4v) is 1.58. The number of anilines is 1. The molecule has 0 unspecified atom stereocenters. The van der Waals surface area contributed by atoms with Gasteiger partial charge in [-0.15, -0.1) is 0 Å². The highest BCUT2D eigenvalue weighted by atomic mass is 16.4. The van der Waals surface area contributed by atoms with Crippen molar-refractivity contribution < 1.29 is 9.90 Å². The molecule has 17 heavy (non-hydrogen) atoms. The van der Waals surface area contributed by atoms with Crippen molar-refractivity contribution in [2.24, 2.45) is 0 Å². The monoisotopic (exact) mass is 231 g/mol. The topological polar surface area (TPSA) is 75.1 Å². The van der Waals surface area contributed by atoms with Crippen LogP contribution in [0.2, 0.25) is 0 Å². The molecule has 0 fully saturated rings. The number of rotatable bonds is 3. The predicted octanol–water partition coefficient (Wildman–Crippen LogP) is 2.15. The largest absolute Gasteiger partial charge is 0.478 e. The lowest BCUT2D eigenvalue weighted by atomic mass is 10.1. The summed E-state index contributed by atoms with van der Waals surface area (Å²) in [5, 5.41) is 12.9. The Kier molecular flexibility index (Phi) is 2.91. The van der Waals surface area contributed by atoms with Crippen LogP contribution in [0.25, 0.3) is 10.9 Å². The summed E-state index contributed by atoms with van der Waals surface area (Å²) >= 11 is 0. The van der Waals surface area contributed by atoms with Crippen LogP contribution in [0.3, 0.4) is 0 Å². The lowest BCUT2D eigenvalue weighted by molar-refractivity contribution is 0.0697. The van der Waals surface area contributed by atoms with Gasteiger partial charge in [-0.05, 0) is 32.0 Å². The van der Waals surface area contributed by atoms with Crippen molar-refractivity contribution in [3.63, 3.8) is 0 Å². The van der Waals surface area contributed by atoms with Crippen LogP contribution in [0.5, 0.6) is 0 Å². The Balaban J connectivity index is 2.54. The number of nitrogens with zero attached hydrogens (tertiary/aromatic N) is 2. The summed E-state index contributed by atoms with van der Waals surface area (Å²) in [5.41, 5.74) is 0.856. The summed E-state index contributed by atoms with van der Waals surface area (Å²) in [6, 6.07) is 5.08. The molecule has 0 atom stereocenters. The third kappa shape index (κ3) is 2.33. The normalized spacial score (nSPS) is 10.8. The van der Waals surface area contributed by atoms with Gasteiger partial charge in [0.15, 0.2) is 0 Å². The fraction of sp³-hybridized carbons (Fsp3) is 0.250. The van der Waals surface area contributed by atoms with Crippen LogP contribution < -0.4 is 5.32 Å². The van der Waals surface area contributed by atoms with Gasteiger partial charge in [0.2, 0.25) is 0 Å². The molecule has 2 aromatic rings. The van der Waals surface area contributed by atoms with E-state index in [0.29, 0.717) is 5.52 Å². The molecule has 0 spiro atoms. The van der Waals surface area contributed by atoms with Gasteiger partial charge in [0.05, 0.1) is 11.1 Å². The molecular weight excluding hydrogens is 218 g/mol. The fourth-order valence-electron chi connectivity index (χ4n) is 1.58. The second kappa shape index (κ2) is 4.37. The molecule has 0 bridgehead atoms. The summed E-state index contributed by atoms with van der Waals surface area (Å²) in [4.78, 5) is 19.1. The zero-order valence-corrected chi connectivity index (χ0v) is 9.64. The maximum atomic E-state index is 10.8. The van der Waals surface area contributed by atoms with Crippen molar-refractivity contribution in [1.82, 2.24) is 9.97 Å². The van der Waals surface area contributed by atoms with Crippen LogP contribution in [0.1, 0.15) is 24.2 Å². The van der Waals surface area contributed by atoms with Crippen molar-refractivity contribution in [1.29, 1.82) is 0 Å². The van der Waals surface area contributed by atoms with Crippen molar-refractivity contribution in [3.05, 3.63) is 30.1 Å². The summed E-state index contributed by atoms with van der Waals surface area (Å²) in [6.07, 6.45) is 1.43. The second-order valence-corrected chi connectivity index (χ2v) is 4.06. The van der Waals surface area contributed by atoms with E-state index in [2.05, 4.69) is 15.3 Å². The van der Waals surface area contributed by atoms with E-state index >= 15 is 0 Å². The minimum absolute atomic E-state index is 0.228. The van der Waals surface area contributed by atoms with Gasteiger partial charge in [-0.1, -0.05) is 0 Å². The molecule has 2 N–H and O–H groups in total. The first-order chi connectivity index (χ1) is 8.08. The van der Waals surface area contributed by atoms with Crippen molar-refractivity contribution in [2.75, 3.05) is 5.32 Å². The average Bonchev–Trinajstić information content (AvgIpc) is 2.28. The first-order valence-corrected chi connectivity index (χ1v) is 5.32. The first-order valence-electron chi connectivity index (χ1n) is 5.32. The number of benzene rings is 1. The van der Waals surface area contributed by atoms with E-state index in [1.54, 1.807) is 18.2 Å². The van der Waals surface area contributed by atoms with Gasteiger partial charge in [0, 0.05) is 11.4 Å². The van der Waals surface area contributed by atoms with Crippen LogP contribution in [0, 0.1) is 0 Å². The Morgan fingerprint density at radius 1 is 1.35 bits per heavy atom. The van der Waals surface area contributed by atoms with E-state index in [9.17, 15) is 4.79 Å². The third-order valence-electron chi connectivity index (χ3n) is 2.31. The minimum atomic E-state index is -0.955. The van der Waals surface area contributed by atoms with Crippen molar-refractivity contribution >= 4 is 22.7 Å². The molecule has 0 amide bonds. The maximum absolute atomic E-state index is 10.8. The Bertz CT molecular complexity index is 567. The second-order valence-electron chi connectivity index (χ2n) is 4.06. The molecule has 5 nitrogen and oxygen atoms in total. The molecule has 88 valence electrons. The predicted molar refractivity (Wildman–Crippen MR) is 65.3 cm³/mol. The minimum Gasteiger partial charge on any atom is -0.478 e. The van der Waals surface area contributed by atoms with E-state index in [-0.39, 0.29) is 11.6 Å². The molecular formula is C12H13N3O2. The molecule has 1 aromatic heterocycles. The van der Waals surface area contributed by atoms with E-state index in [1.807, 2.05) is 13.8 Å². The highest BCUT2D eigenvalue weighted by molar-refractivity contribution is 5.96. The number of hydrogen-bond acceptors (Lipinski definition) is 4. The van der Waals surface area contributed by atoms with Crippen molar-refractivity contribution in [3.8, 4) is 0 Å². The van der Waals surface area contributed by atoms with Gasteiger partial charge in [-0.2, -0.15) is 0 Å². The highest BCUT2D eigenvalue weighted by Gasteiger charge is 2.08. The number of carboxylic acid groups (broad SMARTS) is 1. The van der Waals surface area contributed by atoms with Gasteiger partial charge >= 0.3 is 5.97 Å². The zero-order chi connectivity index (χ0) is 12.4. The number of aromatic carboxylic acids is 1. The number of carbonyl (C=O) groups is 1. The van der Waals surface area contributed by atoms with Gasteiger partial charge in [-0.25, -0.2) is 14.8 Å². The molecule has 1 aromatic carbocycles. The maximum Gasteiger partial charge on any atom is 0.335 e. The van der Waals surface area contributed by atoms with Gasteiger partial charge in [-0.3, -0.25) is 0 Å². The lowest BCUT2D eigenvalue weighted by Gasteiger charge is -2.11. The van der Waals surface area contributed by atoms with E-state index in [4.69, 9.17) is 5.11 Å².